The van der Waals surface area contributed by atoms with Crippen LogP contribution in [0.4, 0.5) is 8.78 Å². The minimum absolute atomic E-state index is 0.0708. The maximum atomic E-state index is 14.1. The van der Waals surface area contributed by atoms with Gasteiger partial charge in [-0.1, -0.05) is 0 Å². The van der Waals surface area contributed by atoms with Gasteiger partial charge >= 0.3 is 0 Å². The second kappa shape index (κ2) is 6.27. The first-order chi connectivity index (χ1) is 12.3. The van der Waals surface area contributed by atoms with Crippen molar-refractivity contribution < 1.29 is 22.0 Å². The molecule has 0 bridgehead atoms. The second-order valence-electron chi connectivity index (χ2n) is 7.58. The quantitative estimate of drug-likeness (QED) is 0.804. The van der Waals surface area contributed by atoms with Crippen LogP contribution in [0.5, 0.6) is 0 Å². The molecule has 3 fully saturated rings. The number of hydrogen-bond acceptors (Lipinski definition) is 3. The summed E-state index contributed by atoms with van der Waals surface area (Å²) < 4.78 is 54.8. The van der Waals surface area contributed by atoms with Crippen LogP contribution in [0.2, 0.25) is 0 Å². The van der Waals surface area contributed by atoms with Crippen LogP contribution in [0.25, 0.3) is 0 Å². The number of fused-ring (bicyclic) bond motifs is 1. The Morgan fingerprint density at radius 1 is 1.08 bits per heavy atom. The maximum Gasteiger partial charge on any atom is 0.246 e. The monoisotopic (exact) mass is 384 g/mol. The number of nitrogens with zero attached hydrogens (tertiary/aromatic N) is 2. The Kier molecular flexibility index (Phi) is 4.30. The van der Waals surface area contributed by atoms with Gasteiger partial charge in [0.15, 0.2) is 0 Å². The number of benzene rings is 1. The van der Waals surface area contributed by atoms with E-state index in [0.717, 1.165) is 18.9 Å². The lowest BCUT2D eigenvalue weighted by Gasteiger charge is -2.46. The fourth-order valence-electron chi connectivity index (χ4n) is 4.27. The Morgan fingerprint density at radius 3 is 2.50 bits per heavy atom. The summed E-state index contributed by atoms with van der Waals surface area (Å²) in [4.78, 5) is 13.8. The van der Waals surface area contributed by atoms with Crippen molar-refractivity contribution in [2.24, 2.45) is 5.92 Å². The number of hydrogen-bond donors (Lipinski definition) is 0. The molecule has 0 N–H and O–H groups in total. The number of amides is 1. The second-order valence-corrected chi connectivity index (χ2v) is 9.49. The average molecular weight is 384 g/mol. The molecule has 0 spiro atoms. The first-order valence-corrected chi connectivity index (χ1v) is 10.5. The molecule has 5 nitrogen and oxygen atoms in total. The van der Waals surface area contributed by atoms with Gasteiger partial charge in [0.1, 0.15) is 16.5 Å². The number of likely N-dealkylation sites (tertiary alicyclic amines) is 1. The van der Waals surface area contributed by atoms with Crippen LogP contribution in [-0.4, -0.2) is 48.7 Å². The SMILES string of the molecule is Cc1cc(S(=O)(=O)N2CCC3C(CCC(=O)N3C3CC3)C2)c(F)cc1F. The van der Waals surface area contributed by atoms with Gasteiger partial charge in [0.2, 0.25) is 15.9 Å². The number of carbonyl (C=O) groups excluding carboxylic acids is 1. The van der Waals surface area contributed by atoms with Crippen molar-refractivity contribution in [3.63, 3.8) is 0 Å². The van der Waals surface area contributed by atoms with E-state index < -0.39 is 26.6 Å². The molecule has 1 aromatic rings. The van der Waals surface area contributed by atoms with Crippen molar-refractivity contribution in [2.45, 2.75) is 56.0 Å². The lowest BCUT2D eigenvalue weighted by molar-refractivity contribution is -0.141. The Morgan fingerprint density at radius 2 is 1.81 bits per heavy atom. The van der Waals surface area contributed by atoms with E-state index in [2.05, 4.69) is 0 Å². The molecule has 1 saturated carbocycles. The van der Waals surface area contributed by atoms with Crippen LogP contribution < -0.4 is 0 Å². The number of carbonyl (C=O) groups is 1. The van der Waals surface area contributed by atoms with E-state index in [0.29, 0.717) is 31.4 Å². The van der Waals surface area contributed by atoms with Gasteiger partial charge in [0.25, 0.3) is 0 Å². The van der Waals surface area contributed by atoms with E-state index >= 15 is 0 Å². The van der Waals surface area contributed by atoms with Gasteiger partial charge in [-0.15, -0.1) is 0 Å². The fourth-order valence-corrected chi connectivity index (χ4v) is 5.91. The third-order valence-corrected chi connectivity index (χ3v) is 7.68. The highest BCUT2D eigenvalue weighted by Crippen LogP contribution is 2.40. The molecule has 2 heterocycles. The predicted octanol–water partition coefficient (Wildman–Crippen LogP) is 2.44. The summed E-state index contributed by atoms with van der Waals surface area (Å²) in [5, 5.41) is 0. The Balaban J connectivity index is 1.58. The maximum absolute atomic E-state index is 14.1. The lowest BCUT2D eigenvalue weighted by Crippen LogP contribution is -2.57. The molecule has 1 aliphatic carbocycles. The first kappa shape index (κ1) is 17.9. The van der Waals surface area contributed by atoms with Crippen molar-refractivity contribution in [3.05, 3.63) is 29.3 Å². The van der Waals surface area contributed by atoms with Gasteiger partial charge in [-0.3, -0.25) is 4.79 Å². The van der Waals surface area contributed by atoms with Crippen LogP contribution in [0, 0.1) is 24.5 Å². The van der Waals surface area contributed by atoms with Crippen molar-refractivity contribution in [1.29, 1.82) is 0 Å². The zero-order valence-corrected chi connectivity index (χ0v) is 15.4. The molecule has 142 valence electrons. The van der Waals surface area contributed by atoms with E-state index in [-0.39, 0.29) is 36.5 Å². The summed E-state index contributed by atoms with van der Waals surface area (Å²) in [5.74, 6) is -1.58. The third-order valence-electron chi connectivity index (χ3n) is 5.80. The van der Waals surface area contributed by atoms with Crippen LogP contribution in [0.1, 0.15) is 37.7 Å². The molecule has 1 amide bonds. The zero-order valence-electron chi connectivity index (χ0n) is 14.6. The number of halogens is 2. The van der Waals surface area contributed by atoms with Crippen LogP contribution in [0.3, 0.4) is 0 Å². The standard InChI is InChI=1S/C18H22F2N2O3S/c1-11-8-17(15(20)9-14(11)19)26(24,25)21-7-6-16-12(10-21)2-5-18(23)22(16)13-3-4-13/h8-9,12-13,16H,2-7,10H2,1H3. The van der Waals surface area contributed by atoms with E-state index in [1.807, 2.05) is 4.90 Å². The third kappa shape index (κ3) is 2.93. The van der Waals surface area contributed by atoms with Crippen molar-refractivity contribution in [3.8, 4) is 0 Å². The van der Waals surface area contributed by atoms with Gasteiger partial charge in [-0.05, 0) is 50.2 Å². The summed E-state index contributed by atoms with van der Waals surface area (Å²) in [5.41, 5.74) is 0.100. The van der Waals surface area contributed by atoms with E-state index in [9.17, 15) is 22.0 Å². The van der Waals surface area contributed by atoms with E-state index in [1.165, 1.54) is 11.2 Å². The number of piperidine rings is 2. The van der Waals surface area contributed by atoms with Gasteiger partial charge in [0, 0.05) is 37.7 Å². The first-order valence-electron chi connectivity index (χ1n) is 9.06. The summed E-state index contributed by atoms with van der Waals surface area (Å²) >= 11 is 0. The average Bonchev–Trinajstić information content (AvgIpc) is 3.42. The number of sulfonamides is 1. The summed E-state index contributed by atoms with van der Waals surface area (Å²) in [6, 6.07) is 2.08. The molecule has 0 radical (unpaired) electrons. The van der Waals surface area contributed by atoms with E-state index in [4.69, 9.17) is 0 Å². The molecule has 2 saturated heterocycles. The molecule has 4 rings (SSSR count). The minimum Gasteiger partial charge on any atom is -0.336 e. The van der Waals surface area contributed by atoms with Gasteiger partial charge in [-0.25, -0.2) is 17.2 Å². The fraction of sp³-hybridized carbons (Fsp3) is 0.611. The Bertz CT molecular complexity index is 854. The zero-order chi connectivity index (χ0) is 18.6. The van der Waals surface area contributed by atoms with Gasteiger partial charge in [0.05, 0.1) is 0 Å². The predicted molar refractivity (Wildman–Crippen MR) is 90.9 cm³/mol. The molecule has 2 unspecified atom stereocenters. The molecule has 0 aromatic heterocycles. The Labute approximate surface area is 152 Å². The highest BCUT2D eigenvalue weighted by atomic mass is 32.2. The molecule has 2 atom stereocenters. The minimum atomic E-state index is -4.03. The molecule has 3 aliphatic rings. The smallest absolute Gasteiger partial charge is 0.246 e. The molecular weight excluding hydrogens is 362 g/mol. The topological polar surface area (TPSA) is 57.7 Å². The van der Waals surface area contributed by atoms with Crippen molar-refractivity contribution >= 4 is 15.9 Å². The van der Waals surface area contributed by atoms with Gasteiger partial charge < -0.3 is 4.90 Å². The normalized spacial score (nSPS) is 27.5. The van der Waals surface area contributed by atoms with E-state index in [1.54, 1.807) is 0 Å². The summed E-state index contributed by atoms with van der Waals surface area (Å²) in [7, 11) is -4.03. The molecule has 26 heavy (non-hydrogen) atoms. The highest BCUT2D eigenvalue weighted by molar-refractivity contribution is 7.89. The van der Waals surface area contributed by atoms with Gasteiger partial charge in [-0.2, -0.15) is 4.31 Å². The summed E-state index contributed by atoms with van der Waals surface area (Å²) in [6.07, 6.45) is 3.71. The Hall–Kier alpha value is -1.54. The van der Waals surface area contributed by atoms with Crippen molar-refractivity contribution in [2.75, 3.05) is 13.1 Å². The van der Waals surface area contributed by atoms with Crippen LogP contribution >= 0.6 is 0 Å². The number of aryl methyl sites for hydroxylation is 1. The van der Waals surface area contributed by atoms with Crippen molar-refractivity contribution in [1.82, 2.24) is 9.21 Å². The van der Waals surface area contributed by atoms with Crippen LogP contribution in [0.15, 0.2) is 17.0 Å². The summed E-state index contributed by atoms with van der Waals surface area (Å²) in [6.45, 7) is 1.94. The van der Waals surface area contributed by atoms with Crippen LogP contribution in [-0.2, 0) is 14.8 Å². The molecule has 2 aliphatic heterocycles. The lowest BCUT2D eigenvalue weighted by atomic mass is 9.84. The number of rotatable bonds is 3. The largest absolute Gasteiger partial charge is 0.336 e. The molecular formula is C18H22F2N2O3S. The molecule has 1 aromatic carbocycles. The highest BCUT2D eigenvalue weighted by Gasteiger charge is 2.47. The molecule has 8 heteroatoms.